The van der Waals surface area contributed by atoms with Crippen LogP contribution >= 0.6 is 0 Å². The van der Waals surface area contributed by atoms with E-state index in [2.05, 4.69) is 31.2 Å². The first kappa shape index (κ1) is 14.9. The summed E-state index contributed by atoms with van der Waals surface area (Å²) in [6.45, 7) is 4.17. The molecule has 4 nitrogen and oxygen atoms in total. The second-order valence-electron chi connectivity index (χ2n) is 6.35. The van der Waals surface area contributed by atoms with Gasteiger partial charge in [0, 0.05) is 0 Å². The highest BCUT2D eigenvalue weighted by atomic mass is 16.6. The van der Waals surface area contributed by atoms with E-state index in [-0.39, 0.29) is 18.3 Å². The van der Waals surface area contributed by atoms with Gasteiger partial charge >= 0.3 is 0 Å². The van der Waals surface area contributed by atoms with Crippen LogP contribution in [0.5, 0.6) is 5.75 Å². The summed E-state index contributed by atoms with van der Waals surface area (Å²) in [5.74, 6) is 0.901. The van der Waals surface area contributed by atoms with Crippen molar-refractivity contribution in [3.63, 3.8) is 0 Å². The molecule has 3 aliphatic rings. The van der Waals surface area contributed by atoms with E-state index >= 15 is 0 Å². The van der Waals surface area contributed by atoms with E-state index in [0.29, 0.717) is 19.3 Å². The molecule has 2 fully saturated rings. The summed E-state index contributed by atoms with van der Waals surface area (Å²) in [5.41, 5.74) is 2.41. The lowest BCUT2D eigenvalue weighted by molar-refractivity contribution is 0.0725. The molecular formula is C19H22O4. The molecule has 0 aromatic heterocycles. The lowest BCUT2D eigenvalue weighted by Crippen LogP contribution is -2.17. The van der Waals surface area contributed by atoms with Crippen LogP contribution in [-0.4, -0.2) is 44.2 Å². The van der Waals surface area contributed by atoms with Crippen LogP contribution in [-0.2, 0) is 14.2 Å². The number of ether oxygens (including phenoxy) is 4. The van der Waals surface area contributed by atoms with Crippen molar-refractivity contribution in [2.75, 3.05) is 19.8 Å². The van der Waals surface area contributed by atoms with Gasteiger partial charge < -0.3 is 18.9 Å². The summed E-state index contributed by atoms with van der Waals surface area (Å²) in [7, 11) is 0. The monoisotopic (exact) mass is 314 g/mol. The Bertz CT molecular complexity index is 618. The highest BCUT2D eigenvalue weighted by molar-refractivity contribution is 5.33. The SMILES string of the molecule is Cc1cccc(OCC2OC2C2=CC(OCC3CO3)CC=C2)c1. The Balaban J connectivity index is 1.27. The Kier molecular flexibility index (Phi) is 4.21. The maximum Gasteiger partial charge on any atom is 0.123 e. The summed E-state index contributed by atoms with van der Waals surface area (Å²) < 4.78 is 22.6. The predicted octanol–water partition coefficient (Wildman–Crippen LogP) is 2.81. The van der Waals surface area contributed by atoms with Gasteiger partial charge in [0.2, 0.25) is 0 Å². The van der Waals surface area contributed by atoms with Crippen LogP contribution in [0.4, 0.5) is 0 Å². The average molecular weight is 314 g/mol. The third-order valence-corrected chi connectivity index (χ3v) is 4.27. The molecule has 23 heavy (non-hydrogen) atoms. The van der Waals surface area contributed by atoms with Gasteiger partial charge in [0.05, 0.1) is 19.3 Å². The first-order chi connectivity index (χ1) is 11.3. The molecule has 0 bridgehead atoms. The van der Waals surface area contributed by atoms with Crippen molar-refractivity contribution in [2.45, 2.75) is 37.8 Å². The zero-order chi connectivity index (χ0) is 15.6. The van der Waals surface area contributed by atoms with Crippen LogP contribution in [0.15, 0.2) is 48.1 Å². The molecule has 2 aliphatic heterocycles. The Morgan fingerprint density at radius 1 is 1.26 bits per heavy atom. The first-order valence-electron chi connectivity index (χ1n) is 8.24. The minimum absolute atomic E-state index is 0.136. The molecule has 0 radical (unpaired) electrons. The van der Waals surface area contributed by atoms with E-state index in [1.165, 1.54) is 11.1 Å². The molecule has 0 spiro atoms. The summed E-state index contributed by atoms with van der Waals surface area (Å²) in [6.07, 6.45) is 8.13. The van der Waals surface area contributed by atoms with Crippen molar-refractivity contribution >= 4 is 0 Å². The molecule has 2 heterocycles. The number of hydrogen-bond donors (Lipinski definition) is 0. The topological polar surface area (TPSA) is 43.5 Å². The van der Waals surface area contributed by atoms with Crippen LogP contribution in [0.3, 0.4) is 0 Å². The third kappa shape index (κ3) is 4.02. The van der Waals surface area contributed by atoms with Gasteiger partial charge in [-0.3, -0.25) is 0 Å². The Morgan fingerprint density at radius 2 is 2.17 bits per heavy atom. The van der Waals surface area contributed by atoms with Gasteiger partial charge in [-0.25, -0.2) is 0 Å². The van der Waals surface area contributed by atoms with Crippen molar-refractivity contribution < 1.29 is 18.9 Å². The van der Waals surface area contributed by atoms with E-state index in [1.807, 2.05) is 18.2 Å². The Hall–Kier alpha value is -1.62. The fourth-order valence-electron chi connectivity index (χ4n) is 2.82. The van der Waals surface area contributed by atoms with Gasteiger partial charge in [0.25, 0.3) is 0 Å². The second-order valence-corrected chi connectivity index (χ2v) is 6.35. The third-order valence-electron chi connectivity index (χ3n) is 4.27. The summed E-state index contributed by atoms with van der Waals surface area (Å²) >= 11 is 0. The van der Waals surface area contributed by atoms with Gasteiger partial charge in [0.1, 0.15) is 30.7 Å². The molecule has 4 heteroatoms. The maximum atomic E-state index is 5.85. The molecular weight excluding hydrogens is 292 g/mol. The number of hydrogen-bond acceptors (Lipinski definition) is 4. The summed E-state index contributed by atoms with van der Waals surface area (Å²) in [4.78, 5) is 0. The first-order valence-corrected chi connectivity index (χ1v) is 8.24. The van der Waals surface area contributed by atoms with E-state index in [0.717, 1.165) is 18.8 Å². The molecule has 2 saturated heterocycles. The fourth-order valence-corrected chi connectivity index (χ4v) is 2.82. The van der Waals surface area contributed by atoms with Gasteiger partial charge in [-0.1, -0.05) is 24.3 Å². The molecule has 0 amide bonds. The highest BCUT2D eigenvalue weighted by Gasteiger charge is 2.42. The maximum absolute atomic E-state index is 5.85. The highest BCUT2D eigenvalue weighted by Crippen LogP contribution is 2.33. The standard InChI is InChI=1S/C19H22O4/c1-13-4-2-6-15(8-13)22-12-18-19(23-18)14-5-3-7-16(9-14)20-10-17-11-21-17/h2-6,8-9,16-19H,7,10-12H2,1H3. The second kappa shape index (κ2) is 6.48. The van der Waals surface area contributed by atoms with Crippen molar-refractivity contribution in [3.05, 3.63) is 53.6 Å². The average Bonchev–Trinajstić information content (AvgIpc) is 3.46. The number of epoxide rings is 2. The minimum Gasteiger partial charge on any atom is -0.491 e. The largest absolute Gasteiger partial charge is 0.491 e. The Morgan fingerprint density at radius 3 is 3.00 bits per heavy atom. The van der Waals surface area contributed by atoms with Gasteiger partial charge in [-0.2, -0.15) is 0 Å². The van der Waals surface area contributed by atoms with Crippen molar-refractivity contribution in [2.24, 2.45) is 0 Å². The van der Waals surface area contributed by atoms with Gasteiger partial charge in [0.15, 0.2) is 0 Å². The number of benzene rings is 1. The molecule has 4 rings (SSSR count). The van der Waals surface area contributed by atoms with Crippen LogP contribution in [0.1, 0.15) is 12.0 Å². The van der Waals surface area contributed by atoms with Crippen molar-refractivity contribution in [1.29, 1.82) is 0 Å². The molecule has 122 valence electrons. The van der Waals surface area contributed by atoms with E-state index in [1.54, 1.807) is 0 Å². The van der Waals surface area contributed by atoms with Crippen LogP contribution < -0.4 is 4.74 Å². The van der Waals surface area contributed by atoms with Crippen LogP contribution in [0.2, 0.25) is 0 Å². The number of rotatable bonds is 7. The van der Waals surface area contributed by atoms with Crippen molar-refractivity contribution in [1.82, 2.24) is 0 Å². The van der Waals surface area contributed by atoms with E-state index < -0.39 is 0 Å². The molecule has 4 unspecified atom stereocenters. The van der Waals surface area contributed by atoms with Gasteiger partial charge in [-0.15, -0.1) is 0 Å². The van der Waals surface area contributed by atoms with Crippen molar-refractivity contribution in [3.8, 4) is 5.75 Å². The Labute approximate surface area is 136 Å². The summed E-state index contributed by atoms with van der Waals surface area (Å²) in [6, 6.07) is 8.09. The van der Waals surface area contributed by atoms with E-state index in [4.69, 9.17) is 18.9 Å². The predicted molar refractivity (Wildman–Crippen MR) is 86.7 cm³/mol. The quantitative estimate of drug-likeness (QED) is 0.726. The van der Waals surface area contributed by atoms with Gasteiger partial charge in [-0.05, 0) is 42.7 Å². The zero-order valence-corrected chi connectivity index (χ0v) is 13.3. The summed E-state index contributed by atoms with van der Waals surface area (Å²) in [5, 5.41) is 0. The molecule has 0 N–H and O–H groups in total. The number of aryl methyl sites for hydroxylation is 1. The molecule has 1 aromatic rings. The minimum atomic E-state index is 0.136. The normalized spacial score (nSPS) is 31.6. The molecule has 1 aliphatic carbocycles. The lowest BCUT2D eigenvalue weighted by atomic mass is 10.0. The smallest absolute Gasteiger partial charge is 0.123 e. The fraction of sp³-hybridized carbons (Fsp3) is 0.474. The molecule has 4 atom stereocenters. The van der Waals surface area contributed by atoms with Crippen LogP contribution in [0.25, 0.3) is 0 Å². The molecule has 1 aromatic carbocycles. The van der Waals surface area contributed by atoms with Crippen LogP contribution in [0, 0.1) is 6.92 Å². The lowest BCUT2D eigenvalue weighted by Gasteiger charge is -2.16. The zero-order valence-electron chi connectivity index (χ0n) is 13.3. The molecule has 0 saturated carbocycles. The van der Waals surface area contributed by atoms with E-state index in [9.17, 15) is 0 Å².